The van der Waals surface area contributed by atoms with Crippen LogP contribution in [0.15, 0.2) is 30.3 Å². The average Bonchev–Trinajstić information content (AvgIpc) is 2.86. The first-order chi connectivity index (χ1) is 16.3. The molecule has 0 saturated carbocycles. The smallest absolute Gasteiger partial charge is 0.274 e. The summed E-state index contributed by atoms with van der Waals surface area (Å²) in [4.78, 5) is 26.4. The van der Waals surface area contributed by atoms with Gasteiger partial charge in [0.15, 0.2) is 0 Å². The van der Waals surface area contributed by atoms with Crippen molar-refractivity contribution in [2.75, 3.05) is 75.8 Å². The van der Waals surface area contributed by atoms with Crippen molar-refractivity contribution in [2.45, 2.75) is 19.4 Å². The highest BCUT2D eigenvalue weighted by molar-refractivity contribution is 6.03. The van der Waals surface area contributed by atoms with Crippen molar-refractivity contribution in [3.63, 3.8) is 0 Å². The summed E-state index contributed by atoms with van der Waals surface area (Å²) in [7, 11) is 5.19. The molecule has 1 aromatic heterocycles. The molecule has 0 unspecified atom stereocenters. The standard InChI is InChI=1S/C25H33N5O4/c1-25(2,33-5)10-9-19-7-6-8-20(17-19)26-23(31)21-18-22(29(3)11-14-32-4)28-24(27-21)30-12-15-34-16-13-30/h6-8,17-18H,11-16H2,1-5H3,(H,26,31). The lowest BCUT2D eigenvalue weighted by molar-refractivity contribution is 0.0741. The van der Waals surface area contributed by atoms with Crippen molar-refractivity contribution in [3.05, 3.63) is 41.6 Å². The van der Waals surface area contributed by atoms with Crippen LogP contribution in [0, 0.1) is 11.8 Å². The molecule has 1 amide bonds. The van der Waals surface area contributed by atoms with E-state index in [2.05, 4.69) is 27.1 Å². The second-order valence-electron chi connectivity index (χ2n) is 8.42. The molecular weight excluding hydrogens is 434 g/mol. The summed E-state index contributed by atoms with van der Waals surface area (Å²) >= 11 is 0. The van der Waals surface area contributed by atoms with Crippen molar-refractivity contribution in [3.8, 4) is 11.8 Å². The quantitative estimate of drug-likeness (QED) is 0.592. The minimum absolute atomic E-state index is 0.285. The first kappa shape index (κ1) is 25.4. The molecule has 0 spiro atoms. The van der Waals surface area contributed by atoms with Crippen LogP contribution >= 0.6 is 0 Å². The van der Waals surface area contributed by atoms with Gasteiger partial charge >= 0.3 is 0 Å². The molecule has 34 heavy (non-hydrogen) atoms. The summed E-state index contributed by atoms with van der Waals surface area (Å²) < 4.78 is 16.0. The molecule has 2 aromatic rings. The lowest BCUT2D eigenvalue weighted by Crippen LogP contribution is -2.38. The zero-order valence-electron chi connectivity index (χ0n) is 20.6. The van der Waals surface area contributed by atoms with Crippen molar-refractivity contribution in [1.82, 2.24) is 9.97 Å². The average molecular weight is 468 g/mol. The highest BCUT2D eigenvalue weighted by Gasteiger charge is 2.20. The number of amides is 1. The van der Waals surface area contributed by atoms with Crippen LogP contribution in [0.25, 0.3) is 0 Å². The van der Waals surface area contributed by atoms with Crippen LogP contribution in [0.1, 0.15) is 29.9 Å². The highest BCUT2D eigenvalue weighted by Crippen LogP contribution is 2.19. The Labute approximate surface area is 201 Å². The Kier molecular flexibility index (Phi) is 8.82. The van der Waals surface area contributed by atoms with E-state index in [-0.39, 0.29) is 11.6 Å². The summed E-state index contributed by atoms with van der Waals surface area (Å²) in [6.45, 7) is 7.51. The Morgan fingerprint density at radius 2 is 2.00 bits per heavy atom. The summed E-state index contributed by atoms with van der Waals surface area (Å²) in [6, 6.07) is 9.08. The van der Waals surface area contributed by atoms with Gasteiger partial charge in [-0.05, 0) is 32.0 Å². The third kappa shape index (κ3) is 7.15. The number of carbonyl (C=O) groups excluding carboxylic acids is 1. The van der Waals surface area contributed by atoms with Gasteiger partial charge in [0, 0.05) is 58.2 Å². The zero-order chi connectivity index (χ0) is 24.6. The van der Waals surface area contributed by atoms with E-state index in [9.17, 15) is 4.79 Å². The van der Waals surface area contributed by atoms with Crippen molar-refractivity contribution in [2.24, 2.45) is 0 Å². The normalized spacial score (nSPS) is 13.7. The molecule has 0 bridgehead atoms. The van der Waals surface area contributed by atoms with Gasteiger partial charge in [-0.15, -0.1) is 0 Å². The van der Waals surface area contributed by atoms with E-state index in [0.717, 1.165) is 5.56 Å². The number of ether oxygens (including phenoxy) is 3. The number of anilines is 3. The van der Waals surface area contributed by atoms with E-state index in [0.29, 0.717) is 56.9 Å². The van der Waals surface area contributed by atoms with Gasteiger partial charge < -0.3 is 29.3 Å². The number of benzene rings is 1. The highest BCUT2D eigenvalue weighted by atomic mass is 16.5. The minimum atomic E-state index is -0.554. The van der Waals surface area contributed by atoms with Crippen LogP contribution in [-0.4, -0.2) is 82.2 Å². The van der Waals surface area contributed by atoms with E-state index in [1.807, 2.05) is 55.0 Å². The number of rotatable bonds is 8. The van der Waals surface area contributed by atoms with Crippen LogP contribution in [0.2, 0.25) is 0 Å². The second kappa shape index (κ2) is 11.8. The van der Waals surface area contributed by atoms with Gasteiger partial charge in [0.25, 0.3) is 5.91 Å². The van der Waals surface area contributed by atoms with Crippen molar-refractivity contribution >= 4 is 23.4 Å². The van der Waals surface area contributed by atoms with Gasteiger partial charge in [0.2, 0.25) is 5.95 Å². The SMILES string of the molecule is COCCN(C)c1cc(C(=O)Nc2cccc(C#CC(C)(C)OC)c2)nc(N2CCOCC2)n1. The molecule has 1 aromatic carbocycles. The van der Waals surface area contributed by atoms with Gasteiger partial charge in [0.1, 0.15) is 17.1 Å². The molecule has 0 radical (unpaired) electrons. The predicted octanol–water partition coefficient (Wildman–Crippen LogP) is 2.42. The lowest BCUT2D eigenvalue weighted by Gasteiger charge is -2.28. The fraction of sp³-hybridized carbons (Fsp3) is 0.480. The van der Waals surface area contributed by atoms with Crippen molar-refractivity contribution in [1.29, 1.82) is 0 Å². The predicted molar refractivity (Wildman–Crippen MR) is 133 cm³/mol. The number of methoxy groups -OCH3 is 2. The van der Waals surface area contributed by atoms with E-state index in [4.69, 9.17) is 14.2 Å². The number of nitrogens with zero attached hydrogens (tertiary/aromatic N) is 4. The number of morpholine rings is 1. The number of aromatic nitrogens is 2. The third-order valence-corrected chi connectivity index (χ3v) is 5.39. The Balaban J connectivity index is 1.85. The first-order valence-electron chi connectivity index (χ1n) is 11.2. The molecule has 9 heteroatoms. The Morgan fingerprint density at radius 1 is 1.24 bits per heavy atom. The monoisotopic (exact) mass is 467 g/mol. The topological polar surface area (TPSA) is 89.0 Å². The van der Waals surface area contributed by atoms with Crippen LogP contribution in [0.3, 0.4) is 0 Å². The second-order valence-corrected chi connectivity index (χ2v) is 8.42. The van der Waals surface area contributed by atoms with Gasteiger partial charge in [0.05, 0.1) is 19.8 Å². The Morgan fingerprint density at radius 3 is 2.71 bits per heavy atom. The maximum Gasteiger partial charge on any atom is 0.274 e. The molecule has 1 saturated heterocycles. The number of hydrogen-bond acceptors (Lipinski definition) is 8. The van der Waals surface area contributed by atoms with Crippen molar-refractivity contribution < 1.29 is 19.0 Å². The fourth-order valence-electron chi connectivity index (χ4n) is 3.12. The molecule has 1 aliphatic rings. The van der Waals surface area contributed by atoms with E-state index in [1.165, 1.54) is 0 Å². The molecule has 1 N–H and O–H groups in total. The summed E-state index contributed by atoms with van der Waals surface area (Å²) in [5, 5.41) is 2.93. The van der Waals surface area contributed by atoms with Gasteiger partial charge in [-0.1, -0.05) is 17.9 Å². The molecule has 9 nitrogen and oxygen atoms in total. The Hall–Kier alpha value is -3.19. The maximum absolute atomic E-state index is 13.2. The molecular formula is C25H33N5O4. The number of likely N-dealkylation sites (N-methyl/N-ethyl adjacent to an activating group) is 1. The summed E-state index contributed by atoms with van der Waals surface area (Å²) in [5.74, 6) is 7.02. The molecule has 182 valence electrons. The van der Waals surface area contributed by atoms with E-state index in [1.54, 1.807) is 20.3 Å². The number of nitrogens with one attached hydrogen (secondary N) is 1. The zero-order valence-corrected chi connectivity index (χ0v) is 20.6. The molecule has 0 atom stereocenters. The largest absolute Gasteiger partial charge is 0.383 e. The van der Waals surface area contributed by atoms with E-state index >= 15 is 0 Å². The van der Waals surface area contributed by atoms with Crippen LogP contribution in [-0.2, 0) is 14.2 Å². The van der Waals surface area contributed by atoms with Gasteiger partial charge in [-0.3, -0.25) is 4.79 Å². The number of hydrogen-bond donors (Lipinski definition) is 1. The van der Waals surface area contributed by atoms with Crippen LogP contribution in [0.5, 0.6) is 0 Å². The number of carbonyl (C=O) groups is 1. The van der Waals surface area contributed by atoms with Crippen LogP contribution < -0.4 is 15.1 Å². The molecule has 2 heterocycles. The fourth-order valence-corrected chi connectivity index (χ4v) is 3.12. The molecule has 0 aliphatic carbocycles. The van der Waals surface area contributed by atoms with Gasteiger partial charge in [-0.25, -0.2) is 4.98 Å². The molecule has 1 fully saturated rings. The van der Waals surface area contributed by atoms with E-state index < -0.39 is 5.60 Å². The Bertz CT molecular complexity index is 1040. The third-order valence-electron chi connectivity index (χ3n) is 5.39. The van der Waals surface area contributed by atoms with Crippen LogP contribution in [0.4, 0.5) is 17.5 Å². The summed E-state index contributed by atoms with van der Waals surface area (Å²) in [5.41, 5.74) is 1.14. The van der Waals surface area contributed by atoms with Gasteiger partial charge in [-0.2, -0.15) is 4.98 Å². The lowest BCUT2D eigenvalue weighted by atomic mass is 10.1. The summed E-state index contributed by atoms with van der Waals surface area (Å²) in [6.07, 6.45) is 0. The molecule has 3 rings (SSSR count). The molecule has 1 aliphatic heterocycles. The maximum atomic E-state index is 13.2. The minimum Gasteiger partial charge on any atom is -0.383 e. The first-order valence-corrected chi connectivity index (χ1v) is 11.2.